The van der Waals surface area contributed by atoms with Crippen LogP contribution in [0.15, 0.2) is 18.2 Å². The third kappa shape index (κ3) is 5.41. The van der Waals surface area contributed by atoms with Gasteiger partial charge in [-0.3, -0.25) is 4.79 Å². The molecule has 5 heteroatoms. The number of halogens is 1. The lowest BCUT2D eigenvalue weighted by molar-refractivity contribution is -0.118. The Labute approximate surface area is 106 Å². The number of hydrogen-bond acceptors (Lipinski definition) is 3. The minimum absolute atomic E-state index is 0.293. The molecule has 4 nitrogen and oxygen atoms in total. The summed E-state index contributed by atoms with van der Waals surface area (Å²) in [6.45, 7) is 1.23. The van der Waals surface area contributed by atoms with Crippen molar-refractivity contribution in [3.8, 4) is 6.07 Å². The summed E-state index contributed by atoms with van der Waals surface area (Å²) in [6, 6.07) is 6.17. The minimum Gasteiger partial charge on any atom is -0.370 e. The van der Waals surface area contributed by atoms with Gasteiger partial charge < -0.3 is 11.1 Å². The molecule has 0 heterocycles. The molecule has 0 aliphatic heterocycles. The zero-order valence-electron chi connectivity index (χ0n) is 10.1. The van der Waals surface area contributed by atoms with Gasteiger partial charge in [-0.2, -0.15) is 5.26 Å². The largest absolute Gasteiger partial charge is 0.370 e. The highest BCUT2D eigenvalue weighted by Crippen LogP contribution is 2.08. The Balaban J connectivity index is 2.29. The van der Waals surface area contributed by atoms with Crippen molar-refractivity contribution in [1.29, 1.82) is 5.26 Å². The van der Waals surface area contributed by atoms with E-state index in [1.807, 2.05) is 6.07 Å². The standard InChI is InChI=1S/C13H16FN3O/c14-12-6-10(8-15)5-11(7-12)9-17-4-2-1-3-13(16)18/h5-7,17H,1-4,9H2,(H2,16,18). The summed E-state index contributed by atoms with van der Waals surface area (Å²) >= 11 is 0. The van der Waals surface area contributed by atoms with Crippen LogP contribution in [-0.2, 0) is 11.3 Å². The highest BCUT2D eigenvalue weighted by atomic mass is 19.1. The molecule has 3 N–H and O–H groups in total. The van der Waals surface area contributed by atoms with Crippen LogP contribution in [0.2, 0.25) is 0 Å². The van der Waals surface area contributed by atoms with E-state index < -0.39 is 5.82 Å². The summed E-state index contributed by atoms with van der Waals surface area (Å²) in [5.41, 5.74) is 6.07. The van der Waals surface area contributed by atoms with Gasteiger partial charge in [-0.05, 0) is 43.1 Å². The molecule has 0 aliphatic carbocycles. The van der Waals surface area contributed by atoms with Gasteiger partial charge in [0, 0.05) is 13.0 Å². The van der Waals surface area contributed by atoms with Gasteiger partial charge in [0.2, 0.25) is 5.91 Å². The maximum absolute atomic E-state index is 13.1. The summed E-state index contributed by atoms with van der Waals surface area (Å²) in [7, 11) is 0. The summed E-state index contributed by atoms with van der Waals surface area (Å²) in [5, 5.41) is 11.8. The highest BCUT2D eigenvalue weighted by Gasteiger charge is 2.00. The second-order valence-corrected chi connectivity index (χ2v) is 4.06. The predicted octanol–water partition coefficient (Wildman–Crippen LogP) is 1.44. The Morgan fingerprint density at radius 2 is 2.17 bits per heavy atom. The van der Waals surface area contributed by atoms with Crippen LogP contribution in [0.25, 0.3) is 0 Å². The Kier molecular flexibility index (Phi) is 5.81. The second-order valence-electron chi connectivity index (χ2n) is 4.06. The van der Waals surface area contributed by atoms with E-state index >= 15 is 0 Å². The van der Waals surface area contributed by atoms with E-state index in [0.29, 0.717) is 18.5 Å². The van der Waals surface area contributed by atoms with Gasteiger partial charge in [0.15, 0.2) is 0 Å². The van der Waals surface area contributed by atoms with E-state index in [9.17, 15) is 9.18 Å². The van der Waals surface area contributed by atoms with E-state index in [1.54, 1.807) is 6.07 Å². The average molecular weight is 249 g/mol. The summed E-state index contributed by atoms with van der Waals surface area (Å²) in [6.07, 6.45) is 1.97. The Hall–Kier alpha value is -1.93. The molecule has 1 amide bonds. The quantitative estimate of drug-likeness (QED) is 0.718. The van der Waals surface area contributed by atoms with Crippen LogP contribution in [0.3, 0.4) is 0 Å². The lowest BCUT2D eigenvalue weighted by Crippen LogP contribution is -2.16. The zero-order valence-corrected chi connectivity index (χ0v) is 10.1. The number of unbranched alkanes of at least 4 members (excludes halogenated alkanes) is 1. The van der Waals surface area contributed by atoms with Gasteiger partial charge >= 0.3 is 0 Å². The molecular formula is C13H16FN3O. The van der Waals surface area contributed by atoms with Crippen molar-refractivity contribution in [2.75, 3.05) is 6.54 Å². The number of nitriles is 1. The lowest BCUT2D eigenvalue weighted by Gasteiger charge is -2.05. The van der Waals surface area contributed by atoms with E-state index in [0.717, 1.165) is 24.9 Å². The van der Waals surface area contributed by atoms with Gasteiger partial charge in [-0.25, -0.2) is 4.39 Å². The zero-order chi connectivity index (χ0) is 13.4. The van der Waals surface area contributed by atoms with Crippen LogP contribution >= 0.6 is 0 Å². The molecule has 96 valence electrons. The molecular weight excluding hydrogens is 233 g/mol. The monoisotopic (exact) mass is 249 g/mol. The number of benzene rings is 1. The number of nitrogens with two attached hydrogens (primary N) is 1. The van der Waals surface area contributed by atoms with Crippen molar-refractivity contribution in [2.24, 2.45) is 5.73 Å². The SMILES string of the molecule is N#Cc1cc(F)cc(CNCCCCC(N)=O)c1. The van der Waals surface area contributed by atoms with Crippen LogP contribution in [0, 0.1) is 17.1 Å². The number of amides is 1. The van der Waals surface area contributed by atoms with E-state index in [-0.39, 0.29) is 5.91 Å². The normalized spacial score (nSPS) is 10.0. The first-order valence-corrected chi connectivity index (χ1v) is 5.80. The molecule has 1 rings (SSSR count). The van der Waals surface area contributed by atoms with E-state index in [1.165, 1.54) is 12.1 Å². The van der Waals surface area contributed by atoms with Crippen LogP contribution in [0.1, 0.15) is 30.4 Å². The lowest BCUT2D eigenvalue weighted by atomic mass is 10.1. The molecule has 0 aromatic heterocycles. The highest BCUT2D eigenvalue weighted by molar-refractivity contribution is 5.73. The third-order valence-corrected chi connectivity index (χ3v) is 2.44. The third-order valence-electron chi connectivity index (χ3n) is 2.44. The molecule has 18 heavy (non-hydrogen) atoms. The molecule has 0 unspecified atom stereocenters. The smallest absolute Gasteiger partial charge is 0.217 e. The summed E-state index contributed by atoms with van der Waals surface area (Å²) in [4.78, 5) is 10.5. The fourth-order valence-corrected chi connectivity index (χ4v) is 1.60. The molecule has 0 aliphatic rings. The molecule has 0 spiro atoms. The Morgan fingerprint density at radius 1 is 1.39 bits per heavy atom. The van der Waals surface area contributed by atoms with Crippen molar-refractivity contribution in [1.82, 2.24) is 5.32 Å². The number of hydrogen-bond donors (Lipinski definition) is 2. The topological polar surface area (TPSA) is 78.9 Å². The molecule has 0 atom stereocenters. The van der Waals surface area contributed by atoms with Crippen molar-refractivity contribution in [2.45, 2.75) is 25.8 Å². The van der Waals surface area contributed by atoms with Crippen LogP contribution in [0.5, 0.6) is 0 Å². The van der Waals surface area contributed by atoms with E-state index in [2.05, 4.69) is 5.32 Å². The first-order valence-electron chi connectivity index (χ1n) is 5.80. The summed E-state index contributed by atoms with van der Waals surface area (Å²) in [5.74, 6) is -0.696. The fourth-order valence-electron chi connectivity index (χ4n) is 1.60. The Morgan fingerprint density at radius 3 is 2.83 bits per heavy atom. The number of carbonyl (C=O) groups excluding carboxylic acids is 1. The van der Waals surface area contributed by atoms with Crippen molar-refractivity contribution in [3.63, 3.8) is 0 Å². The number of nitrogens with one attached hydrogen (secondary N) is 1. The number of carbonyl (C=O) groups is 1. The van der Waals surface area contributed by atoms with Crippen LogP contribution < -0.4 is 11.1 Å². The molecule has 0 radical (unpaired) electrons. The van der Waals surface area contributed by atoms with Crippen LogP contribution in [-0.4, -0.2) is 12.5 Å². The molecule has 1 aromatic carbocycles. The molecule has 1 aromatic rings. The van der Waals surface area contributed by atoms with Crippen molar-refractivity contribution < 1.29 is 9.18 Å². The van der Waals surface area contributed by atoms with Crippen molar-refractivity contribution >= 4 is 5.91 Å². The van der Waals surface area contributed by atoms with Gasteiger partial charge in [-0.1, -0.05) is 0 Å². The second kappa shape index (κ2) is 7.41. The first kappa shape index (κ1) is 14.1. The van der Waals surface area contributed by atoms with Gasteiger partial charge in [0.05, 0.1) is 11.6 Å². The maximum atomic E-state index is 13.1. The van der Waals surface area contributed by atoms with Gasteiger partial charge in [-0.15, -0.1) is 0 Å². The fraction of sp³-hybridized carbons (Fsp3) is 0.385. The van der Waals surface area contributed by atoms with Crippen LogP contribution in [0.4, 0.5) is 4.39 Å². The Bertz CT molecular complexity index is 454. The van der Waals surface area contributed by atoms with Crippen molar-refractivity contribution in [3.05, 3.63) is 35.1 Å². The summed E-state index contributed by atoms with van der Waals surface area (Å²) < 4.78 is 13.1. The molecule has 0 bridgehead atoms. The first-order chi connectivity index (χ1) is 8.61. The minimum atomic E-state index is -0.403. The van der Waals surface area contributed by atoms with E-state index in [4.69, 9.17) is 11.0 Å². The molecule has 0 saturated heterocycles. The number of primary amides is 1. The molecule has 0 fully saturated rings. The van der Waals surface area contributed by atoms with Gasteiger partial charge in [0.1, 0.15) is 5.82 Å². The maximum Gasteiger partial charge on any atom is 0.217 e. The number of nitrogens with zero attached hydrogens (tertiary/aromatic N) is 1. The molecule has 0 saturated carbocycles. The predicted molar refractivity (Wildman–Crippen MR) is 65.9 cm³/mol. The average Bonchev–Trinajstić information content (AvgIpc) is 2.32. The van der Waals surface area contributed by atoms with Gasteiger partial charge in [0.25, 0.3) is 0 Å². The number of rotatable bonds is 7.